The van der Waals surface area contributed by atoms with Gasteiger partial charge in [0.2, 0.25) is 5.91 Å². The molecule has 0 aliphatic heterocycles. The number of carboxylic acids is 1. The maximum Gasteiger partial charge on any atom is 0.338 e. The number of anilines is 1. The molecule has 5 heteroatoms. The molecule has 0 fully saturated rings. The topological polar surface area (TPSA) is 66.4 Å². The zero-order valence-corrected chi connectivity index (χ0v) is 14.8. The van der Waals surface area contributed by atoms with Crippen LogP contribution in [0.5, 0.6) is 0 Å². The SMILES string of the molecule is CCc1cc(C(=O)O)c(NC(=O)/C=C/c2ccc(C(C)C)cc2)s1. The van der Waals surface area contributed by atoms with Crippen molar-refractivity contribution in [2.24, 2.45) is 0 Å². The van der Waals surface area contributed by atoms with Crippen LogP contribution in [0.25, 0.3) is 6.08 Å². The number of carbonyl (C=O) groups excluding carboxylic acids is 1. The van der Waals surface area contributed by atoms with E-state index >= 15 is 0 Å². The third kappa shape index (κ3) is 4.55. The highest BCUT2D eigenvalue weighted by molar-refractivity contribution is 7.16. The van der Waals surface area contributed by atoms with Gasteiger partial charge < -0.3 is 10.4 Å². The molecule has 2 aromatic rings. The Hall–Kier alpha value is -2.40. The van der Waals surface area contributed by atoms with E-state index in [1.807, 2.05) is 31.2 Å². The summed E-state index contributed by atoms with van der Waals surface area (Å²) in [5, 5.41) is 12.2. The van der Waals surface area contributed by atoms with Crippen molar-refractivity contribution >= 4 is 34.3 Å². The van der Waals surface area contributed by atoms with Crippen LogP contribution in [0, 0.1) is 0 Å². The molecule has 1 aromatic heterocycles. The molecule has 0 aliphatic rings. The van der Waals surface area contributed by atoms with E-state index in [1.165, 1.54) is 23.0 Å². The van der Waals surface area contributed by atoms with E-state index in [0.29, 0.717) is 10.9 Å². The first-order valence-electron chi connectivity index (χ1n) is 7.85. The van der Waals surface area contributed by atoms with E-state index < -0.39 is 5.97 Å². The first-order valence-corrected chi connectivity index (χ1v) is 8.67. The third-order valence-corrected chi connectivity index (χ3v) is 4.82. The van der Waals surface area contributed by atoms with Crippen molar-refractivity contribution < 1.29 is 14.7 Å². The van der Waals surface area contributed by atoms with Crippen molar-refractivity contribution in [3.63, 3.8) is 0 Å². The Bertz CT molecular complexity index is 757. The summed E-state index contributed by atoms with van der Waals surface area (Å²) in [4.78, 5) is 24.2. The van der Waals surface area contributed by atoms with Gasteiger partial charge in [0.25, 0.3) is 0 Å². The lowest BCUT2D eigenvalue weighted by Gasteiger charge is -2.04. The van der Waals surface area contributed by atoms with Crippen LogP contribution >= 0.6 is 11.3 Å². The standard InChI is InChI=1S/C19H21NO3S/c1-4-15-11-16(19(22)23)18(24-15)20-17(21)10-7-13-5-8-14(9-6-13)12(2)3/h5-12H,4H2,1-3H3,(H,20,21)(H,22,23)/b10-7+. The third-order valence-electron chi connectivity index (χ3n) is 3.63. The monoisotopic (exact) mass is 343 g/mol. The summed E-state index contributed by atoms with van der Waals surface area (Å²) in [7, 11) is 0. The minimum Gasteiger partial charge on any atom is -0.478 e. The Kier molecular flexibility index (Phi) is 5.93. The van der Waals surface area contributed by atoms with Crippen molar-refractivity contribution in [3.8, 4) is 0 Å². The highest BCUT2D eigenvalue weighted by atomic mass is 32.1. The highest BCUT2D eigenvalue weighted by Crippen LogP contribution is 2.28. The Morgan fingerprint density at radius 2 is 1.92 bits per heavy atom. The molecule has 2 N–H and O–H groups in total. The number of nitrogens with one attached hydrogen (secondary N) is 1. The van der Waals surface area contributed by atoms with Crippen LogP contribution in [0.2, 0.25) is 0 Å². The van der Waals surface area contributed by atoms with Crippen LogP contribution in [0.4, 0.5) is 5.00 Å². The number of aromatic carboxylic acids is 1. The predicted molar refractivity (Wildman–Crippen MR) is 98.9 cm³/mol. The molecule has 1 amide bonds. The van der Waals surface area contributed by atoms with E-state index in [-0.39, 0.29) is 11.5 Å². The molecule has 0 atom stereocenters. The number of benzene rings is 1. The zero-order valence-electron chi connectivity index (χ0n) is 14.0. The fraction of sp³-hybridized carbons (Fsp3) is 0.263. The number of carbonyl (C=O) groups is 2. The summed E-state index contributed by atoms with van der Waals surface area (Å²) in [6.45, 7) is 6.21. The zero-order chi connectivity index (χ0) is 17.7. The van der Waals surface area contributed by atoms with Crippen LogP contribution in [0.3, 0.4) is 0 Å². The lowest BCUT2D eigenvalue weighted by molar-refractivity contribution is -0.111. The molecule has 1 heterocycles. The molecular formula is C19H21NO3S. The van der Waals surface area contributed by atoms with Crippen LogP contribution in [0.15, 0.2) is 36.4 Å². The van der Waals surface area contributed by atoms with Crippen LogP contribution in [-0.2, 0) is 11.2 Å². The highest BCUT2D eigenvalue weighted by Gasteiger charge is 2.15. The van der Waals surface area contributed by atoms with Gasteiger partial charge in [-0.15, -0.1) is 11.3 Å². The van der Waals surface area contributed by atoms with Gasteiger partial charge in [-0.1, -0.05) is 45.0 Å². The van der Waals surface area contributed by atoms with Gasteiger partial charge in [0.1, 0.15) is 5.00 Å². The van der Waals surface area contributed by atoms with Gasteiger partial charge in [-0.25, -0.2) is 4.79 Å². The van der Waals surface area contributed by atoms with Gasteiger partial charge in [-0.05, 0) is 35.6 Å². The minimum absolute atomic E-state index is 0.139. The average Bonchev–Trinajstić information content (AvgIpc) is 2.96. The van der Waals surface area contributed by atoms with Gasteiger partial charge in [0.15, 0.2) is 0 Å². The summed E-state index contributed by atoms with van der Waals surface area (Å²) in [5.74, 6) is -0.906. The summed E-state index contributed by atoms with van der Waals surface area (Å²) < 4.78 is 0. The Morgan fingerprint density at radius 3 is 2.46 bits per heavy atom. The lowest BCUT2D eigenvalue weighted by Crippen LogP contribution is -2.09. The summed E-state index contributed by atoms with van der Waals surface area (Å²) in [6.07, 6.45) is 3.87. The fourth-order valence-corrected chi connectivity index (χ4v) is 3.18. The molecule has 0 saturated heterocycles. The summed E-state index contributed by atoms with van der Waals surface area (Å²) in [6, 6.07) is 9.61. The van der Waals surface area contributed by atoms with Gasteiger partial charge in [-0.3, -0.25) is 4.79 Å². The summed E-state index contributed by atoms with van der Waals surface area (Å²) >= 11 is 1.30. The van der Waals surface area contributed by atoms with Gasteiger partial charge >= 0.3 is 5.97 Å². The van der Waals surface area contributed by atoms with E-state index in [9.17, 15) is 14.7 Å². The number of thiophene rings is 1. The largest absolute Gasteiger partial charge is 0.478 e. The van der Waals surface area contributed by atoms with E-state index in [2.05, 4.69) is 19.2 Å². The van der Waals surface area contributed by atoms with Crippen molar-refractivity contribution in [1.29, 1.82) is 0 Å². The van der Waals surface area contributed by atoms with E-state index in [1.54, 1.807) is 12.1 Å². The van der Waals surface area contributed by atoms with Crippen LogP contribution in [0.1, 0.15) is 53.1 Å². The number of hydrogen-bond acceptors (Lipinski definition) is 3. The van der Waals surface area contributed by atoms with Crippen molar-refractivity contribution in [1.82, 2.24) is 0 Å². The maximum atomic E-state index is 12.0. The summed E-state index contributed by atoms with van der Waals surface area (Å²) in [5.41, 5.74) is 2.31. The molecule has 4 nitrogen and oxygen atoms in total. The molecule has 0 unspecified atom stereocenters. The van der Waals surface area contributed by atoms with Crippen molar-refractivity contribution in [2.75, 3.05) is 5.32 Å². The Morgan fingerprint density at radius 1 is 1.25 bits per heavy atom. The van der Waals surface area contributed by atoms with Crippen molar-refractivity contribution in [3.05, 3.63) is 58.0 Å². The van der Waals surface area contributed by atoms with E-state index in [0.717, 1.165) is 16.9 Å². The average molecular weight is 343 g/mol. The molecule has 0 aliphatic carbocycles. The quantitative estimate of drug-likeness (QED) is 0.742. The number of hydrogen-bond donors (Lipinski definition) is 2. The number of carboxylic acid groups (broad SMARTS) is 1. The maximum absolute atomic E-state index is 12.0. The van der Waals surface area contributed by atoms with Crippen LogP contribution < -0.4 is 5.32 Å². The number of amides is 1. The Balaban J connectivity index is 2.07. The van der Waals surface area contributed by atoms with Gasteiger partial charge in [0.05, 0.1) is 5.56 Å². The molecule has 0 bridgehead atoms. The first-order chi connectivity index (χ1) is 11.4. The minimum atomic E-state index is -1.03. The second kappa shape index (κ2) is 7.93. The molecule has 0 radical (unpaired) electrons. The number of aryl methyl sites for hydroxylation is 1. The lowest BCUT2D eigenvalue weighted by atomic mass is 10.0. The first kappa shape index (κ1) is 17.9. The normalized spacial score (nSPS) is 11.2. The molecule has 24 heavy (non-hydrogen) atoms. The van der Waals surface area contributed by atoms with E-state index in [4.69, 9.17) is 0 Å². The van der Waals surface area contributed by atoms with Crippen molar-refractivity contribution in [2.45, 2.75) is 33.1 Å². The Labute approximate surface area is 145 Å². The molecule has 0 spiro atoms. The van der Waals surface area contributed by atoms with Gasteiger partial charge in [-0.2, -0.15) is 0 Å². The fourth-order valence-electron chi connectivity index (χ4n) is 2.19. The molecule has 0 saturated carbocycles. The van der Waals surface area contributed by atoms with Gasteiger partial charge in [0, 0.05) is 11.0 Å². The van der Waals surface area contributed by atoms with Crippen LogP contribution in [-0.4, -0.2) is 17.0 Å². The predicted octanol–water partition coefficient (Wildman–Crippen LogP) is 4.78. The molecule has 2 rings (SSSR count). The smallest absolute Gasteiger partial charge is 0.338 e. The second-order valence-corrected chi connectivity index (χ2v) is 6.89. The second-order valence-electron chi connectivity index (χ2n) is 5.76. The molecular weight excluding hydrogens is 322 g/mol. The molecule has 126 valence electrons. The molecule has 1 aromatic carbocycles. The number of rotatable bonds is 6.